The molecule has 1 heterocycles. The zero-order chi connectivity index (χ0) is 26.4. The van der Waals surface area contributed by atoms with Gasteiger partial charge in [0, 0.05) is 29.9 Å². The topological polar surface area (TPSA) is 112 Å². The van der Waals surface area contributed by atoms with Gasteiger partial charge in [0.15, 0.2) is 0 Å². The molecule has 36 heavy (non-hydrogen) atoms. The molecule has 0 aliphatic carbocycles. The Hall–Kier alpha value is -3.49. The summed E-state index contributed by atoms with van der Waals surface area (Å²) in [6, 6.07) is 15.5. The molecule has 0 aliphatic rings. The number of aromatic nitrogens is 1. The smallest absolute Gasteiger partial charge is 0.305 e. The van der Waals surface area contributed by atoms with Gasteiger partial charge in [-0.3, -0.25) is 9.59 Å². The fourth-order valence-corrected chi connectivity index (χ4v) is 4.63. The normalized spacial score (nSPS) is 13.0. The largest absolute Gasteiger partial charge is 0.481 e. The van der Waals surface area contributed by atoms with Crippen molar-refractivity contribution >= 4 is 11.9 Å². The van der Waals surface area contributed by atoms with Gasteiger partial charge in [-0.05, 0) is 56.4 Å². The Morgan fingerprint density at radius 1 is 0.944 bits per heavy atom. The second-order valence-corrected chi connectivity index (χ2v) is 9.14. The summed E-state index contributed by atoms with van der Waals surface area (Å²) in [6.07, 6.45) is -2.04. The number of rotatable bonds is 11. The van der Waals surface area contributed by atoms with E-state index in [-0.39, 0.29) is 30.6 Å². The Kier molecular flexibility index (Phi) is 9.01. The van der Waals surface area contributed by atoms with Crippen molar-refractivity contribution < 1.29 is 29.3 Å². The van der Waals surface area contributed by atoms with Gasteiger partial charge in [-0.1, -0.05) is 42.5 Å². The van der Waals surface area contributed by atoms with E-state index < -0.39 is 24.6 Å². The molecule has 0 aliphatic heterocycles. The minimum absolute atomic E-state index is 0.0750. The molecule has 0 saturated carbocycles. The number of amides is 1. The van der Waals surface area contributed by atoms with Crippen molar-refractivity contribution in [3.05, 3.63) is 71.8 Å². The molecule has 2 atom stereocenters. The number of halogens is 1. The van der Waals surface area contributed by atoms with Gasteiger partial charge in [-0.2, -0.15) is 0 Å². The Morgan fingerprint density at radius 3 is 2.11 bits per heavy atom. The van der Waals surface area contributed by atoms with E-state index in [0.29, 0.717) is 17.7 Å². The first-order valence-corrected chi connectivity index (χ1v) is 12.0. The predicted octanol–water partition coefficient (Wildman–Crippen LogP) is 4.42. The molecular formula is C28H33FN2O5. The number of aliphatic hydroxyl groups is 2. The predicted molar refractivity (Wildman–Crippen MR) is 136 cm³/mol. The van der Waals surface area contributed by atoms with E-state index in [0.717, 1.165) is 22.4 Å². The minimum Gasteiger partial charge on any atom is -0.481 e. The van der Waals surface area contributed by atoms with Gasteiger partial charge < -0.3 is 25.2 Å². The number of carbonyl (C=O) groups excluding carboxylic acids is 1. The Balaban J connectivity index is 2.19. The molecule has 1 amide bonds. The van der Waals surface area contributed by atoms with Crippen LogP contribution in [-0.2, 0) is 11.2 Å². The van der Waals surface area contributed by atoms with Gasteiger partial charge in [-0.25, -0.2) is 4.39 Å². The van der Waals surface area contributed by atoms with Crippen LogP contribution in [0.25, 0.3) is 22.3 Å². The van der Waals surface area contributed by atoms with Gasteiger partial charge >= 0.3 is 5.97 Å². The van der Waals surface area contributed by atoms with E-state index in [1.807, 2.05) is 48.7 Å². The van der Waals surface area contributed by atoms with Crippen LogP contribution in [0.15, 0.2) is 54.6 Å². The minimum atomic E-state index is -1.16. The van der Waals surface area contributed by atoms with Gasteiger partial charge in [0.05, 0.1) is 18.6 Å². The molecule has 0 spiro atoms. The number of hydrogen-bond acceptors (Lipinski definition) is 4. The highest BCUT2D eigenvalue weighted by molar-refractivity contribution is 6.05. The van der Waals surface area contributed by atoms with E-state index in [4.69, 9.17) is 5.11 Å². The number of aliphatic hydroxyl groups excluding tert-OH is 2. The van der Waals surface area contributed by atoms with Crippen LogP contribution in [0.3, 0.4) is 0 Å². The fourth-order valence-electron chi connectivity index (χ4n) is 4.63. The summed E-state index contributed by atoms with van der Waals surface area (Å²) >= 11 is 0. The third kappa shape index (κ3) is 6.19. The maximum atomic E-state index is 13.8. The third-order valence-corrected chi connectivity index (χ3v) is 6.13. The lowest BCUT2D eigenvalue weighted by atomic mass is 9.92. The Morgan fingerprint density at radius 2 is 1.56 bits per heavy atom. The maximum absolute atomic E-state index is 13.8. The molecule has 0 bridgehead atoms. The van der Waals surface area contributed by atoms with Crippen molar-refractivity contribution in [3.63, 3.8) is 0 Å². The molecule has 1 aromatic heterocycles. The number of aliphatic carboxylic acids is 1. The van der Waals surface area contributed by atoms with E-state index in [2.05, 4.69) is 5.32 Å². The molecule has 0 fully saturated rings. The van der Waals surface area contributed by atoms with Crippen molar-refractivity contribution in [2.75, 3.05) is 7.05 Å². The van der Waals surface area contributed by atoms with E-state index >= 15 is 0 Å². The molecule has 2 aromatic carbocycles. The summed E-state index contributed by atoms with van der Waals surface area (Å²) in [4.78, 5) is 24.1. The molecule has 3 aromatic rings. The van der Waals surface area contributed by atoms with E-state index in [1.54, 1.807) is 19.2 Å². The van der Waals surface area contributed by atoms with Crippen LogP contribution in [-0.4, -0.2) is 51.0 Å². The van der Waals surface area contributed by atoms with Crippen LogP contribution in [0.4, 0.5) is 4.39 Å². The number of nitrogens with one attached hydrogen (secondary N) is 1. The zero-order valence-corrected chi connectivity index (χ0v) is 20.7. The number of carboxylic acid groups (broad SMARTS) is 1. The number of hydrogen-bond donors (Lipinski definition) is 4. The molecule has 2 unspecified atom stereocenters. The molecule has 8 heteroatoms. The van der Waals surface area contributed by atoms with Gasteiger partial charge in [-0.15, -0.1) is 0 Å². The first-order valence-electron chi connectivity index (χ1n) is 12.0. The van der Waals surface area contributed by atoms with Crippen LogP contribution in [0.5, 0.6) is 0 Å². The molecule has 4 N–H and O–H groups in total. The number of carboxylic acids is 1. The fraction of sp³-hybridized carbons (Fsp3) is 0.357. The SMILES string of the molecule is CNC(=O)c1c(-c2ccccc2)c(-c2ccc(F)cc2)c(CCC(O)CC(O)CC(=O)O)n1C(C)C. The second-order valence-electron chi connectivity index (χ2n) is 9.14. The Labute approximate surface area is 210 Å². The van der Waals surface area contributed by atoms with Crippen LogP contribution in [0.2, 0.25) is 0 Å². The lowest BCUT2D eigenvalue weighted by molar-refractivity contribution is -0.139. The third-order valence-electron chi connectivity index (χ3n) is 6.13. The van der Waals surface area contributed by atoms with Crippen LogP contribution in [0.1, 0.15) is 55.3 Å². The molecule has 3 rings (SSSR count). The molecule has 0 saturated heterocycles. The average molecular weight is 497 g/mol. The monoisotopic (exact) mass is 496 g/mol. The quantitative estimate of drug-likeness (QED) is 0.314. The number of benzene rings is 2. The summed E-state index contributed by atoms with van der Waals surface area (Å²) in [5.74, 6) is -1.78. The van der Waals surface area contributed by atoms with Crippen LogP contribution < -0.4 is 5.32 Å². The summed E-state index contributed by atoms with van der Waals surface area (Å²) in [7, 11) is 1.57. The summed E-state index contributed by atoms with van der Waals surface area (Å²) in [5, 5.41) is 32.2. The first kappa shape index (κ1) is 27.1. The first-order chi connectivity index (χ1) is 17.1. The zero-order valence-electron chi connectivity index (χ0n) is 20.7. The van der Waals surface area contributed by atoms with Crippen molar-refractivity contribution in [3.8, 4) is 22.3 Å². The van der Waals surface area contributed by atoms with Crippen LogP contribution >= 0.6 is 0 Å². The highest BCUT2D eigenvalue weighted by Gasteiger charge is 2.30. The van der Waals surface area contributed by atoms with Crippen molar-refractivity contribution in [1.29, 1.82) is 0 Å². The van der Waals surface area contributed by atoms with Crippen LogP contribution in [0, 0.1) is 5.82 Å². The standard InChI is InChI=1S/C28H33FN2O5/c1-17(2)31-23(14-13-21(32)15-22(33)16-24(34)35)25(19-9-11-20(29)12-10-19)26(27(31)28(36)30-3)18-7-5-4-6-8-18/h4-12,17,21-22,32-33H,13-16H2,1-3H3,(H,30,36)(H,34,35). The average Bonchev–Trinajstić information content (AvgIpc) is 3.18. The lowest BCUT2D eigenvalue weighted by Gasteiger charge is -2.19. The Bertz CT molecular complexity index is 1190. The van der Waals surface area contributed by atoms with E-state index in [1.165, 1.54) is 12.1 Å². The highest BCUT2D eigenvalue weighted by atomic mass is 19.1. The van der Waals surface area contributed by atoms with E-state index in [9.17, 15) is 24.2 Å². The van der Waals surface area contributed by atoms with Gasteiger partial charge in [0.1, 0.15) is 11.5 Å². The molecule has 192 valence electrons. The van der Waals surface area contributed by atoms with Crippen molar-refractivity contribution in [2.45, 2.75) is 57.8 Å². The lowest BCUT2D eigenvalue weighted by Crippen LogP contribution is -2.24. The van der Waals surface area contributed by atoms with Gasteiger partial charge in [0.2, 0.25) is 0 Å². The second kappa shape index (κ2) is 12.0. The van der Waals surface area contributed by atoms with Crippen molar-refractivity contribution in [2.24, 2.45) is 0 Å². The summed E-state index contributed by atoms with van der Waals surface area (Å²) in [6.45, 7) is 3.93. The van der Waals surface area contributed by atoms with Crippen molar-refractivity contribution in [1.82, 2.24) is 9.88 Å². The maximum Gasteiger partial charge on any atom is 0.305 e. The molecule has 7 nitrogen and oxygen atoms in total. The molecular weight excluding hydrogens is 463 g/mol. The number of nitrogens with zero attached hydrogens (tertiary/aromatic N) is 1. The summed E-state index contributed by atoms with van der Waals surface area (Å²) < 4.78 is 15.8. The highest BCUT2D eigenvalue weighted by Crippen LogP contribution is 2.42. The molecule has 0 radical (unpaired) electrons. The van der Waals surface area contributed by atoms with Gasteiger partial charge in [0.25, 0.3) is 5.91 Å². The summed E-state index contributed by atoms with van der Waals surface area (Å²) in [5.41, 5.74) is 4.30. The number of carbonyl (C=O) groups is 2.